The standard InChI is InChI=1S/C48H49N/c1-46(2)22-23-47(3,4)45-41(46)20-13-21-43(45)49(36-16-9-6-10-17-36)44-30-39-37-18-11-12-19-40(37)48(34-25-31-24-32(27-34)28-35(48)26-31)42(39)29-38(44)33-14-7-5-8-15-33/h5-21,29-32,34-35H,22-28H2,1-4H3. The summed E-state index contributed by atoms with van der Waals surface area (Å²) in [7, 11) is 0. The topological polar surface area (TPSA) is 3.24 Å². The zero-order valence-corrected chi connectivity index (χ0v) is 29.7. The van der Waals surface area contributed by atoms with Gasteiger partial charge in [-0.3, -0.25) is 0 Å². The van der Waals surface area contributed by atoms with E-state index >= 15 is 0 Å². The fourth-order valence-corrected chi connectivity index (χ4v) is 12.1. The maximum absolute atomic E-state index is 2.70. The van der Waals surface area contributed by atoms with Gasteiger partial charge in [0, 0.05) is 16.7 Å². The largest absolute Gasteiger partial charge is 0.310 e. The van der Waals surface area contributed by atoms with Crippen LogP contribution in [0, 0.1) is 23.7 Å². The van der Waals surface area contributed by atoms with Crippen molar-refractivity contribution in [2.45, 2.75) is 88.9 Å². The smallest absolute Gasteiger partial charge is 0.0546 e. The Morgan fingerprint density at radius 1 is 0.490 bits per heavy atom. The number of rotatable bonds is 4. The number of nitrogens with zero attached hydrogens (tertiary/aromatic N) is 1. The van der Waals surface area contributed by atoms with Gasteiger partial charge < -0.3 is 4.90 Å². The van der Waals surface area contributed by atoms with Gasteiger partial charge in [0.1, 0.15) is 0 Å². The summed E-state index contributed by atoms with van der Waals surface area (Å²) < 4.78 is 0. The molecule has 5 aromatic rings. The molecule has 0 aromatic heterocycles. The minimum absolute atomic E-state index is 0.0646. The van der Waals surface area contributed by atoms with Crippen LogP contribution in [0.1, 0.15) is 94.9 Å². The number of benzene rings is 5. The molecular formula is C48H49N. The summed E-state index contributed by atoms with van der Waals surface area (Å²) in [5, 5.41) is 0. The Hall–Kier alpha value is -4.10. The Morgan fingerprint density at radius 2 is 1.10 bits per heavy atom. The van der Waals surface area contributed by atoms with Crippen LogP contribution in [0.4, 0.5) is 17.1 Å². The number of hydrogen-bond acceptors (Lipinski definition) is 1. The second kappa shape index (κ2) is 10.5. The molecule has 0 unspecified atom stereocenters. The third kappa shape index (κ3) is 4.17. The molecule has 6 aliphatic rings. The molecule has 5 aromatic carbocycles. The van der Waals surface area contributed by atoms with Crippen molar-refractivity contribution in [3.05, 3.63) is 138 Å². The predicted molar refractivity (Wildman–Crippen MR) is 205 cm³/mol. The molecule has 0 radical (unpaired) electrons. The van der Waals surface area contributed by atoms with Gasteiger partial charge in [0.15, 0.2) is 0 Å². The van der Waals surface area contributed by atoms with Gasteiger partial charge in [0.25, 0.3) is 0 Å². The van der Waals surface area contributed by atoms with E-state index in [-0.39, 0.29) is 16.2 Å². The fraction of sp³-hybridized carbons (Fsp3) is 0.375. The SMILES string of the molecule is CC1(C)CCC(C)(C)c2c(N(c3ccccc3)c3cc4c(cc3-c3ccccc3)C3(c5ccccc5-4)C4CC5CC(C4)CC3C5)cccc21. The monoisotopic (exact) mass is 639 g/mol. The Balaban J connectivity index is 1.29. The van der Waals surface area contributed by atoms with E-state index in [1.165, 1.54) is 95.4 Å². The van der Waals surface area contributed by atoms with E-state index < -0.39 is 0 Å². The Labute approximate surface area is 293 Å². The summed E-state index contributed by atoms with van der Waals surface area (Å²) in [5.41, 5.74) is 16.1. The zero-order valence-electron chi connectivity index (χ0n) is 29.7. The lowest BCUT2D eigenvalue weighted by molar-refractivity contribution is -0.0399. The molecule has 4 bridgehead atoms. The maximum atomic E-state index is 2.70. The maximum Gasteiger partial charge on any atom is 0.0546 e. The summed E-state index contributed by atoms with van der Waals surface area (Å²) in [6, 6.07) is 44.5. The lowest BCUT2D eigenvalue weighted by atomic mass is 9.43. The Kier molecular flexibility index (Phi) is 6.36. The average molecular weight is 640 g/mol. The van der Waals surface area contributed by atoms with E-state index in [1.54, 1.807) is 11.1 Å². The summed E-state index contributed by atoms with van der Waals surface area (Å²) in [6.07, 6.45) is 9.48. The predicted octanol–water partition coefficient (Wildman–Crippen LogP) is 12.9. The number of fused-ring (bicyclic) bond motifs is 4. The van der Waals surface area contributed by atoms with Crippen LogP contribution in [0.2, 0.25) is 0 Å². The molecule has 1 heteroatoms. The first-order valence-corrected chi connectivity index (χ1v) is 19.1. The van der Waals surface area contributed by atoms with Gasteiger partial charge >= 0.3 is 0 Å². The number of para-hydroxylation sites is 1. The third-order valence-electron chi connectivity index (χ3n) is 14.1. The van der Waals surface area contributed by atoms with Crippen LogP contribution < -0.4 is 4.90 Å². The molecular weight excluding hydrogens is 591 g/mol. The van der Waals surface area contributed by atoms with Crippen molar-refractivity contribution in [2.75, 3.05) is 4.90 Å². The summed E-state index contributed by atoms with van der Waals surface area (Å²) in [5.74, 6) is 3.36. The van der Waals surface area contributed by atoms with Gasteiger partial charge in [-0.2, -0.15) is 0 Å². The van der Waals surface area contributed by atoms with E-state index in [4.69, 9.17) is 0 Å². The Bertz CT molecular complexity index is 2060. The van der Waals surface area contributed by atoms with Crippen molar-refractivity contribution in [2.24, 2.45) is 23.7 Å². The van der Waals surface area contributed by atoms with Crippen LogP contribution >= 0.6 is 0 Å². The second-order valence-electron chi connectivity index (χ2n) is 17.6. The van der Waals surface area contributed by atoms with Crippen LogP contribution in [-0.4, -0.2) is 0 Å². The van der Waals surface area contributed by atoms with Gasteiger partial charge in [0.2, 0.25) is 0 Å². The molecule has 0 heterocycles. The second-order valence-corrected chi connectivity index (χ2v) is 17.6. The minimum atomic E-state index is 0.0646. The molecule has 1 spiro atoms. The van der Waals surface area contributed by atoms with Crippen LogP contribution in [0.25, 0.3) is 22.3 Å². The molecule has 0 saturated heterocycles. The molecule has 4 saturated carbocycles. The van der Waals surface area contributed by atoms with Crippen molar-refractivity contribution >= 4 is 17.1 Å². The van der Waals surface area contributed by atoms with Gasteiger partial charge in [0.05, 0.1) is 11.4 Å². The molecule has 11 rings (SSSR count). The van der Waals surface area contributed by atoms with E-state index in [1.807, 2.05) is 0 Å². The van der Waals surface area contributed by atoms with Crippen LogP contribution in [0.5, 0.6) is 0 Å². The van der Waals surface area contributed by atoms with Crippen LogP contribution in [0.15, 0.2) is 115 Å². The number of anilines is 3. The van der Waals surface area contributed by atoms with Crippen LogP contribution in [0.3, 0.4) is 0 Å². The fourth-order valence-electron chi connectivity index (χ4n) is 12.1. The molecule has 0 aliphatic heterocycles. The number of hydrogen-bond donors (Lipinski definition) is 0. The highest BCUT2D eigenvalue weighted by Gasteiger charge is 2.61. The zero-order chi connectivity index (χ0) is 33.1. The lowest BCUT2D eigenvalue weighted by Gasteiger charge is -2.61. The van der Waals surface area contributed by atoms with E-state index in [9.17, 15) is 0 Å². The van der Waals surface area contributed by atoms with E-state index in [2.05, 4.69) is 148 Å². The van der Waals surface area contributed by atoms with Gasteiger partial charge in [-0.05, 0) is 149 Å². The van der Waals surface area contributed by atoms with Crippen molar-refractivity contribution in [1.29, 1.82) is 0 Å². The molecule has 0 atom stereocenters. The van der Waals surface area contributed by atoms with Crippen molar-refractivity contribution in [1.82, 2.24) is 0 Å². The molecule has 49 heavy (non-hydrogen) atoms. The average Bonchev–Trinajstić information content (AvgIpc) is 3.39. The summed E-state index contributed by atoms with van der Waals surface area (Å²) in [6.45, 7) is 9.84. The van der Waals surface area contributed by atoms with Gasteiger partial charge in [-0.15, -0.1) is 0 Å². The normalized spacial score (nSPS) is 27.8. The quantitative estimate of drug-likeness (QED) is 0.189. The molecule has 0 amide bonds. The van der Waals surface area contributed by atoms with Crippen LogP contribution in [-0.2, 0) is 16.2 Å². The van der Waals surface area contributed by atoms with E-state index in [0.29, 0.717) is 0 Å². The minimum Gasteiger partial charge on any atom is -0.310 e. The van der Waals surface area contributed by atoms with Crippen molar-refractivity contribution < 1.29 is 0 Å². The third-order valence-corrected chi connectivity index (χ3v) is 14.1. The summed E-state index contributed by atoms with van der Waals surface area (Å²) >= 11 is 0. The highest BCUT2D eigenvalue weighted by molar-refractivity contribution is 5.96. The molecule has 1 nitrogen and oxygen atoms in total. The summed E-state index contributed by atoms with van der Waals surface area (Å²) in [4.78, 5) is 2.63. The first-order chi connectivity index (χ1) is 23.8. The Morgan fingerprint density at radius 3 is 1.82 bits per heavy atom. The van der Waals surface area contributed by atoms with Crippen molar-refractivity contribution in [3.63, 3.8) is 0 Å². The van der Waals surface area contributed by atoms with Crippen molar-refractivity contribution in [3.8, 4) is 22.3 Å². The lowest BCUT2D eigenvalue weighted by Crippen LogP contribution is -2.55. The first kappa shape index (κ1) is 29.8. The highest BCUT2D eigenvalue weighted by Crippen LogP contribution is 2.70. The van der Waals surface area contributed by atoms with Gasteiger partial charge in [-0.25, -0.2) is 0 Å². The molecule has 0 N–H and O–H groups in total. The first-order valence-electron chi connectivity index (χ1n) is 19.1. The van der Waals surface area contributed by atoms with E-state index in [0.717, 1.165) is 23.7 Å². The van der Waals surface area contributed by atoms with Gasteiger partial charge in [-0.1, -0.05) is 113 Å². The molecule has 4 fully saturated rings. The highest BCUT2D eigenvalue weighted by atomic mass is 15.1. The molecule has 6 aliphatic carbocycles. The molecule has 246 valence electrons.